The summed E-state index contributed by atoms with van der Waals surface area (Å²) in [4.78, 5) is 4.26. The van der Waals surface area contributed by atoms with Crippen LogP contribution in [0, 0.1) is 23.3 Å². The molecule has 0 saturated heterocycles. The summed E-state index contributed by atoms with van der Waals surface area (Å²) in [6.45, 7) is 9.96. The van der Waals surface area contributed by atoms with Crippen LogP contribution in [0.15, 0.2) is 4.99 Å². The summed E-state index contributed by atoms with van der Waals surface area (Å²) in [6, 6.07) is 0. The first-order valence-corrected chi connectivity index (χ1v) is 4.99. The normalized spacial score (nSPS) is 11.6. The van der Waals surface area contributed by atoms with Gasteiger partial charge in [-0.05, 0) is 11.8 Å². The lowest BCUT2D eigenvalue weighted by atomic mass is 10.2. The van der Waals surface area contributed by atoms with Gasteiger partial charge in [0.25, 0.3) is 0 Å². The van der Waals surface area contributed by atoms with Crippen molar-refractivity contribution in [1.82, 2.24) is 10.6 Å². The van der Waals surface area contributed by atoms with Crippen LogP contribution in [-0.2, 0) is 0 Å². The molecule has 4 heteroatoms. The molecule has 0 amide bonds. The second-order valence-electron chi connectivity index (χ2n) is 4.09. The summed E-state index contributed by atoms with van der Waals surface area (Å²) in [7, 11) is 0. The minimum atomic E-state index is 0.506. The Morgan fingerprint density at radius 3 is 2.36 bits per heavy atom. The summed E-state index contributed by atoms with van der Waals surface area (Å²) in [6.07, 6.45) is 1.87. The van der Waals surface area contributed by atoms with Crippen molar-refractivity contribution in [3.63, 3.8) is 0 Å². The highest BCUT2D eigenvalue weighted by Gasteiger charge is 1.99. The summed E-state index contributed by atoms with van der Waals surface area (Å²) in [5, 5.41) is 14.1. The van der Waals surface area contributed by atoms with E-state index in [0.29, 0.717) is 17.8 Å². The molecule has 0 atom stereocenters. The van der Waals surface area contributed by atoms with E-state index in [4.69, 9.17) is 5.26 Å². The smallest absolute Gasteiger partial charge is 0.204 e. The van der Waals surface area contributed by atoms with Gasteiger partial charge in [-0.3, -0.25) is 10.3 Å². The van der Waals surface area contributed by atoms with Gasteiger partial charge in [-0.25, -0.2) is 0 Å². The van der Waals surface area contributed by atoms with Crippen LogP contribution in [0.3, 0.4) is 0 Å². The molecule has 0 radical (unpaired) electrons. The van der Waals surface area contributed by atoms with E-state index in [-0.39, 0.29) is 0 Å². The van der Waals surface area contributed by atoms with Crippen molar-refractivity contribution in [1.29, 1.82) is 5.26 Å². The average Bonchev–Trinajstić information content (AvgIpc) is 2.09. The largest absolute Gasteiger partial charge is 0.355 e. The molecule has 0 aliphatic heterocycles. The molecule has 0 aliphatic rings. The fourth-order valence-corrected chi connectivity index (χ4v) is 0.767. The molecule has 0 heterocycles. The lowest BCUT2D eigenvalue weighted by Gasteiger charge is -2.10. The van der Waals surface area contributed by atoms with Gasteiger partial charge in [0.15, 0.2) is 6.19 Å². The van der Waals surface area contributed by atoms with E-state index in [2.05, 4.69) is 43.3 Å². The molecule has 0 aromatic heterocycles. The standard InChI is InChI=1S/C10H20N4/c1-8(2)5-12-10(14-7-11)13-6-9(3)4/h8-9H,5-6H2,1-4H3,(H2,12,13,14). The van der Waals surface area contributed by atoms with Crippen LogP contribution in [0.4, 0.5) is 0 Å². The zero-order valence-corrected chi connectivity index (χ0v) is 9.46. The average molecular weight is 196 g/mol. The molecule has 0 aromatic rings. The van der Waals surface area contributed by atoms with Crippen LogP contribution in [0.25, 0.3) is 0 Å². The monoisotopic (exact) mass is 196 g/mol. The number of hydrogen-bond acceptors (Lipinski definition) is 2. The Morgan fingerprint density at radius 1 is 1.29 bits per heavy atom. The van der Waals surface area contributed by atoms with Crippen LogP contribution < -0.4 is 10.6 Å². The van der Waals surface area contributed by atoms with Crippen LogP contribution in [0.5, 0.6) is 0 Å². The molecule has 0 aliphatic carbocycles. The summed E-state index contributed by atoms with van der Waals surface area (Å²) >= 11 is 0. The quantitative estimate of drug-likeness (QED) is 0.308. The zero-order valence-electron chi connectivity index (χ0n) is 9.46. The van der Waals surface area contributed by atoms with Gasteiger partial charge in [-0.1, -0.05) is 27.7 Å². The van der Waals surface area contributed by atoms with Gasteiger partial charge in [0.05, 0.1) is 0 Å². The molecule has 14 heavy (non-hydrogen) atoms. The first-order valence-electron chi connectivity index (χ1n) is 4.99. The van der Waals surface area contributed by atoms with Crippen molar-refractivity contribution >= 4 is 5.96 Å². The molecule has 2 N–H and O–H groups in total. The Kier molecular flexibility index (Phi) is 6.55. The first kappa shape index (κ1) is 12.8. The third-order valence-electron chi connectivity index (χ3n) is 1.47. The lowest BCUT2D eigenvalue weighted by molar-refractivity contribution is 0.612. The predicted octanol–water partition coefficient (Wildman–Crippen LogP) is 1.31. The number of nitriles is 1. The van der Waals surface area contributed by atoms with Crippen molar-refractivity contribution in [2.45, 2.75) is 27.7 Å². The number of nitrogens with one attached hydrogen (secondary N) is 2. The van der Waals surface area contributed by atoms with E-state index >= 15 is 0 Å². The Hall–Kier alpha value is -1.24. The number of hydrogen-bond donors (Lipinski definition) is 2. The maximum atomic E-state index is 8.49. The maximum absolute atomic E-state index is 8.49. The molecule has 0 bridgehead atoms. The topological polar surface area (TPSA) is 60.2 Å². The highest BCUT2D eigenvalue weighted by Crippen LogP contribution is 1.92. The highest BCUT2D eigenvalue weighted by molar-refractivity contribution is 5.81. The molecule has 4 nitrogen and oxygen atoms in total. The van der Waals surface area contributed by atoms with E-state index < -0.39 is 0 Å². The minimum Gasteiger partial charge on any atom is -0.355 e. The first-order chi connectivity index (χ1) is 6.56. The Labute approximate surface area is 86.4 Å². The van der Waals surface area contributed by atoms with Crippen molar-refractivity contribution in [2.24, 2.45) is 16.8 Å². The lowest BCUT2D eigenvalue weighted by Crippen LogP contribution is -2.37. The van der Waals surface area contributed by atoms with Gasteiger partial charge in [0, 0.05) is 13.1 Å². The molecule has 80 valence electrons. The van der Waals surface area contributed by atoms with E-state index in [1.54, 1.807) is 0 Å². The summed E-state index contributed by atoms with van der Waals surface area (Å²) < 4.78 is 0. The number of guanidine groups is 1. The molecule has 0 aromatic carbocycles. The van der Waals surface area contributed by atoms with E-state index in [9.17, 15) is 0 Å². The molecule has 0 fully saturated rings. The van der Waals surface area contributed by atoms with Crippen molar-refractivity contribution in [3.8, 4) is 6.19 Å². The maximum Gasteiger partial charge on any atom is 0.204 e. The van der Waals surface area contributed by atoms with Crippen LogP contribution in [-0.4, -0.2) is 19.0 Å². The van der Waals surface area contributed by atoms with Crippen LogP contribution in [0.2, 0.25) is 0 Å². The van der Waals surface area contributed by atoms with Gasteiger partial charge < -0.3 is 5.32 Å². The second-order valence-corrected chi connectivity index (χ2v) is 4.09. The number of rotatable bonds is 4. The molecule has 0 unspecified atom stereocenters. The molecular weight excluding hydrogens is 176 g/mol. The third-order valence-corrected chi connectivity index (χ3v) is 1.47. The zero-order chi connectivity index (χ0) is 11.0. The van der Waals surface area contributed by atoms with Crippen LogP contribution >= 0.6 is 0 Å². The van der Waals surface area contributed by atoms with Gasteiger partial charge >= 0.3 is 0 Å². The molecule has 0 rings (SSSR count). The minimum absolute atomic E-state index is 0.506. The van der Waals surface area contributed by atoms with Gasteiger partial charge in [0.2, 0.25) is 5.96 Å². The molecular formula is C10H20N4. The number of aliphatic imine (C=N–C) groups is 1. The van der Waals surface area contributed by atoms with Crippen LogP contribution in [0.1, 0.15) is 27.7 Å². The summed E-state index contributed by atoms with van der Waals surface area (Å²) in [5.41, 5.74) is 0. The summed E-state index contributed by atoms with van der Waals surface area (Å²) in [5.74, 6) is 1.63. The van der Waals surface area contributed by atoms with Crippen molar-refractivity contribution < 1.29 is 0 Å². The van der Waals surface area contributed by atoms with Gasteiger partial charge in [0.1, 0.15) is 0 Å². The second kappa shape index (κ2) is 7.19. The Balaban J connectivity index is 4.01. The van der Waals surface area contributed by atoms with Gasteiger partial charge in [-0.2, -0.15) is 5.26 Å². The van der Waals surface area contributed by atoms with Crippen molar-refractivity contribution in [2.75, 3.05) is 13.1 Å². The Morgan fingerprint density at radius 2 is 1.93 bits per heavy atom. The SMILES string of the molecule is CC(C)CN=C(NC#N)NCC(C)C. The molecule has 0 spiro atoms. The van der Waals surface area contributed by atoms with Gasteiger partial charge in [-0.15, -0.1) is 0 Å². The third kappa shape index (κ3) is 7.41. The fraction of sp³-hybridized carbons (Fsp3) is 0.800. The van der Waals surface area contributed by atoms with E-state index in [1.165, 1.54) is 0 Å². The Bertz CT molecular complexity index is 213. The highest BCUT2D eigenvalue weighted by atomic mass is 15.2. The number of nitrogens with zero attached hydrogens (tertiary/aromatic N) is 2. The fourth-order valence-electron chi connectivity index (χ4n) is 0.767. The van der Waals surface area contributed by atoms with Crippen molar-refractivity contribution in [3.05, 3.63) is 0 Å². The molecule has 0 saturated carbocycles. The van der Waals surface area contributed by atoms with E-state index in [0.717, 1.165) is 13.1 Å². The van der Waals surface area contributed by atoms with E-state index in [1.807, 2.05) is 6.19 Å². The predicted molar refractivity (Wildman–Crippen MR) is 58.7 cm³/mol.